The van der Waals surface area contributed by atoms with Gasteiger partial charge in [-0.25, -0.2) is 4.79 Å². The maximum absolute atomic E-state index is 12.5. The summed E-state index contributed by atoms with van der Waals surface area (Å²) in [5, 5.41) is 0. The van der Waals surface area contributed by atoms with Crippen molar-refractivity contribution in [1.29, 1.82) is 0 Å². The van der Waals surface area contributed by atoms with Crippen molar-refractivity contribution in [1.82, 2.24) is 0 Å². The summed E-state index contributed by atoms with van der Waals surface area (Å²) in [6, 6.07) is 17.6. The van der Waals surface area contributed by atoms with E-state index in [2.05, 4.69) is 0 Å². The highest BCUT2D eigenvalue weighted by Gasteiger charge is 2.31. The van der Waals surface area contributed by atoms with E-state index >= 15 is 0 Å². The van der Waals surface area contributed by atoms with Gasteiger partial charge in [-0.15, -0.1) is 0 Å². The van der Waals surface area contributed by atoms with Gasteiger partial charge in [-0.05, 0) is 57.7 Å². The van der Waals surface area contributed by atoms with E-state index < -0.39 is 27.8 Å². The Labute approximate surface area is 161 Å². The molecule has 146 valence electrons. The van der Waals surface area contributed by atoms with Crippen molar-refractivity contribution in [2.75, 3.05) is 0 Å². The lowest BCUT2D eigenvalue weighted by atomic mass is 10.1. The third-order valence-corrected chi connectivity index (χ3v) is 5.05. The predicted octanol–water partition coefficient (Wildman–Crippen LogP) is 4.13. The molecule has 0 radical (unpaired) electrons. The minimum absolute atomic E-state index is 0.0154. The molecule has 0 amide bonds. The molecule has 2 rings (SSSR count). The van der Waals surface area contributed by atoms with Crippen LogP contribution in [0.4, 0.5) is 0 Å². The fourth-order valence-corrected chi connectivity index (χ4v) is 3.59. The van der Waals surface area contributed by atoms with Gasteiger partial charge < -0.3 is 4.74 Å². The Morgan fingerprint density at radius 1 is 0.963 bits per heavy atom. The molecule has 0 aliphatic heterocycles. The molecule has 5 nitrogen and oxygen atoms in total. The summed E-state index contributed by atoms with van der Waals surface area (Å²) in [6.07, 6.45) is 0.376. The Balaban J connectivity index is 2.10. The second-order valence-electron chi connectivity index (χ2n) is 7.26. The summed E-state index contributed by atoms with van der Waals surface area (Å²) >= 11 is 0. The maximum Gasteiger partial charge on any atom is 0.337 e. The first-order valence-electron chi connectivity index (χ1n) is 8.92. The lowest BCUT2D eigenvalue weighted by Crippen LogP contribution is -2.35. The molecule has 0 unspecified atom stereocenters. The van der Waals surface area contributed by atoms with Gasteiger partial charge in [0.2, 0.25) is 0 Å². The molecule has 2 aromatic rings. The number of carbonyl (C=O) groups excluding carboxylic acids is 1. The van der Waals surface area contributed by atoms with Gasteiger partial charge in [0, 0.05) is 0 Å². The van der Waals surface area contributed by atoms with Crippen LogP contribution in [0.25, 0.3) is 0 Å². The van der Waals surface area contributed by atoms with E-state index in [-0.39, 0.29) is 11.3 Å². The largest absolute Gasteiger partial charge is 0.458 e. The average molecular weight is 391 g/mol. The van der Waals surface area contributed by atoms with Gasteiger partial charge >= 0.3 is 5.97 Å². The minimum Gasteiger partial charge on any atom is -0.458 e. The molecular formula is C21H26O5S. The summed E-state index contributed by atoms with van der Waals surface area (Å²) in [4.78, 5) is 12.5. The van der Waals surface area contributed by atoms with Gasteiger partial charge in [-0.1, -0.05) is 48.5 Å². The number of carbonyl (C=O) groups is 1. The van der Waals surface area contributed by atoms with Crippen molar-refractivity contribution in [3.8, 4) is 0 Å². The molecule has 0 bridgehead atoms. The van der Waals surface area contributed by atoms with Crippen molar-refractivity contribution in [2.45, 2.75) is 56.6 Å². The topological polar surface area (TPSA) is 69.7 Å². The number of esters is 1. The first-order valence-corrected chi connectivity index (χ1v) is 10.3. The van der Waals surface area contributed by atoms with Crippen molar-refractivity contribution in [3.05, 3.63) is 66.2 Å². The Kier molecular flexibility index (Phi) is 7.16. The maximum atomic E-state index is 12.5. The van der Waals surface area contributed by atoms with Crippen molar-refractivity contribution in [2.24, 2.45) is 0 Å². The molecule has 0 saturated heterocycles. The first-order chi connectivity index (χ1) is 12.7. The van der Waals surface area contributed by atoms with E-state index in [1.807, 2.05) is 30.3 Å². The van der Waals surface area contributed by atoms with Crippen LogP contribution in [0, 0.1) is 0 Å². The second kappa shape index (κ2) is 9.15. The quantitative estimate of drug-likeness (QED) is 0.501. The summed E-state index contributed by atoms with van der Waals surface area (Å²) in [6.45, 7) is 5.20. The monoisotopic (exact) mass is 390 g/mol. The van der Waals surface area contributed by atoms with Gasteiger partial charge in [-0.3, -0.25) is 4.18 Å². The van der Waals surface area contributed by atoms with Crippen LogP contribution in [0.2, 0.25) is 0 Å². The van der Waals surface area contributed by atoms with Gasteiger partial charge in [0.15, 0.2) is 6.10 Å². The van der Waals surface area contributed by atoms with Crippen LogP contribution in [0.15, 0.2) is 65.6 Å². The van der Waals surface area contributed by atoms with Crippen molar-refractivity contribution in [3.63, 3.8) is 0 Å². The van der Waals surface area contributed by atoms with E-state index in [1.54, 1.807) is 39.0 Å². The second-order valence-corrected chi connectivity index (χ2v) is 8.84. The summed E-state index contributed by atoms with van der Waals surface area (Å²) in [7, 11) is -4.06. The lowest BCUT2D eigenvalue weighted by molar-refractivity contribution is -0.163. The van der Waals surface area contributed by atoms with E-state index in [1.165, 1.54) is 12.1 Å². The Morgan fingerprint density at radius 2 is 1.52 bits per heavy atom. The van der Waals surface area contributed by atoms with Crippen molar-refractivity contribution >= 4 is 16.1 Å². The number of ether oxygens (including phenoxy) is 1. The van der Waals surface area contributed by atoms with E-state index in [4.69, 9.17) is 8.92 Å². The molecule has 27 heavy (non-hydrogen) atoms. The zero-order chi connectivity index (χ0) is 19.9. The summed E-state index contributed by atoms with van der Waals surface area (Å²) < 4.78 is 35.7. The molecule has 0 N–H and O–H groups in total. The smallest absolute Gasteiger partial charge is 0.337 e. The zero-order valence-corrected chi connectivity index (χ0v) is 16.7. The van der Waals surface area contributed by atoms with Crippen molar-refractivity contribution < 1.29 is 22.1 Å². The molecule has 0 aliphatic carbocycles. The molecule has 1 atom stereocenters. The average Bonchev–Trinajstić information content (AvgIpc) is 2.61. The highest BCUT2D eigenvalue weighted by molar-refractivity contribution is 7.86. The SMILES string of the molecule is CC(C)(C)OC(=O)[C@@H](CCCc1ccccc1)OS(=O)(=O)c1ccccc1. The fourth-order valence-electron chi connectivity index (χ4n) is 2.50. The molecule has 0 aliphatic rings. The fraction of sp³-hybridized carbons (Fsp3) is 0.381. The van der Waals surface area contributed by atoms with Gasteiger partial charge in [0.05, 0.1) is 4.90 Å². The first kappa shape index (κ1) is 21.1. The zero-order valence-electron chi connectivity index (χ0n) is 15.9. The molecular weight excluding hydrogens is 364 g/mol. The lowest BCUT2D eigenvalue weighted by Gasteiger charge is -2.24. The molecule has 2 aromatic carbocycles. The highest BCUT2D eigenvalue weighted by atomic mass is 32.2. The van der Waals surface area contributed by atoms with E-state index in [9.17, 15) is 13.2 Å². The van der Waals surface area contributed by atoms with Crippen LogP contribution >= 0.6 is 0 Å². The molecule has 6 heteroatoms. The highest BCUT2D eigenvalue weighted by Crippen LogP contribution is 2.20. The third-order valence-electron chi connectivity index (χ3n) is 3.72. The Bertz CT molecular complexity index is 824. The number of benzene rings is 2. The van der Waals surface area contributed by atoms with Crippen LogP contribution in [-0.4, -0.2) is 26.1 Å². The van der Waals surface area contributed by atoms with Crippen LogP contribution < -0.4 is 0 Å². The van der Waals surface area contributed by atoms with Gasteiger partial charge in [0.1, 0.15) is 5.60 Å². The molecule has 0 saturated carbocycles. The number of aryl methyl sites for hydroxylation is 1. The molecule has 0 spiro atoms. The third kappa shape index (κ3) is 7.15. The van der Waals surface area contributed by atoms with Crippen LogP contribution in [0.5, 0.6) is 0 Å². The van der Waals surface area contributed by atoms with Crippen LogP contribution in [0.1, 0.15) is 39.2 Å². The molecule has 0 fully saturated rings. The molecule has 0 aromatic heterocycles. The van der Waals surface area contributed by atoms with E-state index in [0.29, 0.717) is 6.42 Å². The number of rotatable bonds is 8. The van der Waals surface area contributed by atoms with Gasteiger partial charge in [-0.2, -0.15) is 8.42 Å². The Hall–Kier alpha value is -2.18. The van der Waals surface area contributed by atoms with Gasteiger partial charge in [0.25, 0.3) is 10.1 Å². The summed E-state index contributed by atoms with van der Waals surface area (Å²) in [5.74, 6) is -0.671. The normalized spacial score (nSPS) is 13.1. The minimum atomic E-state index is -4.06. The number of hydrogen-bond acceptors (Lipinski definition) is 5. The van der Waals surface area contributed by atoms with Crippen LogP contribution in [0.3, 0.4) is 0 Å². The standard InChI is InChI=1S/C21H26O5S/c1-21(2,3)25-20(22)19(16-10-13-17-11-6-4-7-12-17)26-27(23,24)18-14-8-5-9-15-18/h4-9,11-12,14-15,19H,10,13,16H2,1-3H3/t19-/m1/s1. The molecule has 0 heterocycles. The Morgan fingerprint density at radius 3 is 2.07 bits per heavy atom. The van der Waals surface area contributed by atoms with E-state index in [0.717, 1.165) is 12.0 Å². The van der Waals surface area contributed by atoms with Crippen LogP contribution in [-0.2, 0) is 30.3 Å². The number of hydrogen-bond donors (Lipinski definition) is 0. The predicted molar refractivity (Wildman–Crippen MR) is 104 cm³/mol. The summed E-state index contributed by atoms with van der Waals surface area (Å²) in [5.41, 5.74) is 0.389.